The van der Waals surface area contributed by atoms with E-state index in [-0.39, 0.29) is 6.10 Å². The van der Waals surface area contributed by atoms with E-state index in [0.717, 1.165) is 37.2 Å². The minimum absolute atomic E-state index is 0.257. The van der Waals surface area contributed by atoms with Crippen molar-refractivity contribution in [3.05, 3.63) is 34.4 Å². The molecule has 0 amide bonds. The highest BCUT2D eigenvalue weighted by molar-refractivity contribution is 5.36. The van der Waals surface area contributed by atoms with Gasteiger partial charge in [-0.25, -0.2) is 0 Å². The van der Waals surface area contributed by atoms with E-state index in [9.17, 15) is 5.11 Å². The molecular formula is C18H30O. The average Bonchev–Trinajstić information content (AvgIpc) is 2.36. The van der Waals surface area contributed by atoms with Gasteiger partial charge in [0.05, 0.1) is 6.10 Å². The highest BCUT2D eigenvalue weighted by Gasteiger charge is 2.16. The fraction of sp³-hybridized carbons (Fsp3) is 0.667. The van der Waals surface area contributed by atoms with Crippen LogP contribution in [0.4, 0.5) is 0 Å². The summed E-state index contributed by atoms with van der Waals surface area (Å²) in [6, 6.07) is 0. The quantitative estimate of drug-likeness (QED) is 0.677. The van der Waals surface area contributed by atoms with Crippen molar-refractivity contribution >= 4 is 0 Å². The van der Waals surface area contributed by atoms with Crippen molar-refractivity contribution in [2.45, 2.75) is 72.8 Å². The first kappa shape index (κ1) is 16.2. The Balaban J connectivity index is 2.85. The standard InChI is InChI=1S/C18H30O/c1-6-14(4)12-16(13(2)3)10-11-17-15(5)8-7-9-18(17)19/h10-11,14,18-19H,6-9,12H2,1-5H3/b11-10-. The largest absolute Gasteiger partial charge is 0.388 e. The third-order valence-corrected chi connectivity index (χ3v) is 4.25. The lowest BCUT2D eigenvalue weighted by Gasteiger charge is -2.21. The van der Waals surface area contributed by atoms with E-state index >= 15 is 0 Å². The van der Waals surface area contributed by atoms with Crippen LogP contribution in [0.1, 0.15) is 66.7 Å². The number of hydrogen-bond acceptors (Lipinski definition) is 1. The predicted octanol–water partition coefficient (Wildman–Crippen LogP) is 5.18. The van der Waals surface area contributed by atoms with Crippen LogP contribution in [-0.2, 0) is 0 Å². The maximum atomic E-state index is 10.1. The SMILES string of the molecule is CCC(C)CC(/C=C\C1=C(C)CCCC1O)=C(C)C. The molecule has 0 aliphatic heterocycles. The number of hydrogen-bond donors (Lipinski definition) is 1. The van der Waals surface area contributed by atoms with E-state index in [1.165, 1.54) is 23.1 Å². The van der Waals surface area contributed by atoms with Crippen LogP contribution >= 0.6 is 0 Å². The first-order chi connectivity index (χ1) is 8.95. The summed E-state index contributed by atoms with van der Waals surface area (Å²) in [6.07, 6.45) is 9.64. The van der Waals surface area contributed by atoms with Crippen LogP contribution in [0.3, 0.4) is 0 Å². The predicted molar refractivity (Wildman–Crippen MR) is 84.1 cm³/mol. The monoisotopic (exact) mass is 262 g/mol. The van der Waals surface area contributed by atoms with Crippen molar-refractivity contribution in [1.29, 1.82) is 0 Å². The lowest BCUT2D eigenvalue weighted by molar-refractivity contribution is 0.193. The minimum atomic E-state index is -0.257. The van der Waals surface area contributed by atoms with Gasteiger partial charge in [0, 0.05) is 0 Å². The number of allylic oxidation sites excluding steroid dienone is 4. The topological polar surface area (TPSA) is 20.2 Å². The summed E-state index contributed by atoms with van der Waals surface area (Å²) in [5.41, 5.74) is 5.31. The molecule has 2 unspecified atom stereocenters. The summed E-state index contributed by atoms with van der Waals surface area (Å²) < 4.78 is 0. The fourth-order valence-corrected chi connectivity index (χ4v) is 2.55. The molecule has 0 saturated heterocycles. The van der Waals surface area contributed by atoms with Gasteiger partial charge in [0.15, 0.2) is 0 Å². The molecular weight excluding hydrogens is 232 g/mol. The van der Waals surface area contributed by atoms with Crippen molar-refractivity contribution in [1.82, 2.24) is 0 Å². The van der Waals surface area contributed by atoms with E-state index in [0.29, 0.717) is 0 Å². The Kier molecular flexibility index (Phi) is 6.57. The van der Waals surface area contributed by atoms with Crippen molar-refractivity contribution in [2.75, 3.05) is 0 Å². The molecule has 0 spiro atoms. The molecule has 0 bridgehead atoms. The Labute approximate surface area is 119 Å². The Morgan fingerprint density at radius 2 is 2.11 bits per heavy atom. The molecule has 0 aromatic heterocycles. The van der Waals surface area contributed by atoms with Crippen molar-refractivity contribution in [3.8, 4) is 0 Å². The van der Waals surface area contributed by atoms with Crippen molar-refractivity contribution in [2.24, 2.45) is 5.92 Å². The average molecular weight is 262 g/mol. The van der Waals surface area contributed by atoms with Crippen LogP contribution in [0.15, 0.2) is 34.4 Å². The molecule has 0 radical (unpaired) electrons. The first-order valence-corrected chi connectivity index (χ1v) is 7.67. The third kappa shape index (κ3) is 4.99. The van der Waals surface area contributed by atoms with Crippen LogP contribution in [0, 0.1) is 5.92 Å². The molecule has 1 aliphatic carbocycles. The van der Waals surface area contributed by atoms with Gasteiger partial charge >= 0.3 is 0 Å². The highest BCUT2D eigenvalue weighted by atomic mass is 16.3. The second-order valence-electron chi connectivity index (χ2n) is 6.22. The van der Waals surface area contributed by atoms with Crippen LogP contribution in [0.2, 0.25) is 0 Å². The smallest absolute Gasteiger partial charge is 0.0789 e. The molecule has 1 N–H and O–H groups in total. The molecule has 0 aromatic carbocycles. The number of aliphatic hydroxyl groups is 1. The Bertz CT molecular complexity index is 380. The Morgan fingerprint density at radius 1 is 1.42 bits per heavy atom. The van der Waals surface area contributed by atoms with Crippen LogP contribution in [0.25, 0.3) is 0 Å². The summed E-state index contributed by atoms with van der Waals surface area (Å²) in [5, 5.41) is 10.1. The molecule has 19 heavy (non-hydrogen) atoms. The van der Waals surface area contributed by atoms with E-state index < -0.39 is 0 Å². The fourth-order valence-electron chi connectivity index (χ4n) is 2.55. The molecule has 108 valence electrons. The van der Waals surface area contributed by atoms with Gasteiger partial charge in [-0.2, -0.15) is 0 Å². The van der Waals surface area contributed by atoms with Gasteiger partial charge in [0.1, 0.15) is 0 Å². The Hall–Kier alpha value is -0.820. The summed E-state index contributed by atoms with van der Waals surface area (Å²) >= 11 is 0. The van der Waals surface area contributed by atoms with Gasteiger partial charge in [-0.3, -0.25) is 0 Å². The van der Waals surface area contributed by atoms with E-state index in [1.807, 2.05) is 0 Å². The van der Waals surface area contributed by atoms with E-state index in [4.69, 9.17) is 0 Å². The zero-order valence-corrected chi connectivity index (χ0v) is 13.3. The second kappa shape index (κ2) is 7.69. The third-order valence-electron chi connectivity index (χ3n) is 4.25. The van der Waals surface area contributed by atoms with Gasteiger partial charge in [-0.15, -0.1) is 0 Å². The van der Waals surface area contributed by atoms with Crippen LogP contribution in [0.5, 0.6) is 0 Å². The van der Waals surface area contributed by atoms with Crippen LogP contribution in [-0.4, -0.2) is 11.2 Å². The molecule has 0 heterocycles. The van der Waals surface area contributed by atoms with Gasteiger partial charge in [-0.1, -0.05) is 43.6 Å². The van der Waals surface area contributed by atoms with Gasteiger partial charge in [0.25, 0.3) is 0 Å². The lowest BCUT2D eigenvalue weighted by Crippen LogP contribution is -2.15. The highest BCUT2D eigenvalue weighted by Crippen LogP contribution is 2.27. The Morgan fingerprint density at radius 3 is 2.63 bits per heavy atom. The molecule has 0 aromatic rings. The molecule has 0 saturated carbocycles. The van der Waals surface area contributed by atoms with Crippen molar-refractivity contribution in [3.63, 3.8) is 0 Å². The molecule has 0 fully saturated rings. The summed E-state index contributed by atoms with van der Waals surface area (Å²) in [6.45, 7) is 11.1. The zero-order valence-electron chi connectivity index (χ0n) is 13.3. The summed E-state index contributed by atoms with van der Waals surface area (Å²) in [5.74, 6) is 0.723. The van der Waals surface area contributed by atoms with Crippen molar-refractivity contribution < 1.29 is 5.11 Å². The number of aliphatic hydroxyl groups excluding tert-OH is 1. The number of rotatable bonds is 5. The maximum Gasteiger partial charge on any atom is 0.0789 e. The molecule has 1 rings (SSSR count). The molecule has 1 aliphatic rings. The van der Waals surface area contributed by atoms with Gasteiger partial charge < -0.3 is 5.11 Å². The normalized spacial score (nSPS) is 21.9. The minimum Gasteiger partial charge on any atom is -0.388 e. The second-order valence-corrected chi connectivity index (χ2v) is 6.22. The first-order valence-electron chi connectivity index (χ1n) is 7.67. The van der Waals surface area contributed by atoms with E-state index in [1.54, 1.807) is 0 Å². The molecule has 1 heteroatoms. The lowest BCUT2D eigenvalue weighted by atomic mass is 9.88. The zero-order chi connectivity index (χ0) is 14.4. The molecule has 2 atom stereocenters. The summed E-state index contributed by atoms with van der Waals surface area (Å²) in [7, 11) is 0. The van der Waals surface area contributed by atoms with Gasteiger partial charge in [-0.05, 0) is 63.5 Å². The molecule has 1 nitrogen and oxygen atoms in total. The summed E-state index contributed by atoms with van der Waals surface area (Å²) in [4.78, 5) is 0. The maximum absolute atomic E-state index is 10.1. The van der Waals surface area contributed by atoms with Crippen LogP contribution < -0.4 is 0 Å². The van der Waals surface area contributed by atoms with E-state index in [2.05, 4.69) is 46.8 Å². The van der Waals surface area contributed by atoms with Gasteiger partial charge in [0.2, 0.25) is 0 Å².